The first kappa shape index (κ1) is 15.7. The van der Waals surface area contributed by atoms with Crippen LogP contribution in [0, 0.1) is 0 Å². The molecule has 1 fully saturated rings. The van der Waals surface area contributed by atoms with E-state index in [1.165, 1.54) is 10.8 Å². The normalized spacial score (nSPS) is 15.9. The van der Waals surface area contributed by atoms with E-state index >= 15 is 0 Å². The van der Waals surface area contributed by atoms with Crippen molar-refractivity contribution >= 4 is 26.7 Å². The molecule has 24 heavy (non-hydrogen) atoms. The van der Waals surface area contributed by atoms with Crippen molar-refractivity contribution in [1.82, 2.24) is 10.5 Å². The Hall–Kier alpha value is -1.85. The fourth-order valence-corrected chi connectivity index (χ4v) is 3.88. The molecule has 0 atom stereocenters. The predicted octanol–water partition coefficient (Wildman–Crippen LogP) is 3.94. The Morgan fingerprint density at radius 2 is 1.88 bits per heavy atom. The zero-order valence-electron chi connectivity index (χ0n) is 13.3. The van der Waals surface area contributed by atoms with E-state index in [9.17, 15) is 4.79 Å². The number of aromatic amines is 1. The lowest BCUT2D eigenvalue weighted by Gasteiger charge is -2.21. The molecule has 0 spiro atoms. The molecule has 0 unspecified atom stereocenters. The number of halogens is 1. The van der Waals surface area contributed by atoms with Crippen LogP contribution in [-0.2, 0) is 6.42 Å². The summed E-state index contributed by atoms with van der Waals surface area (Å²) in [6.07, 6.45) is 2.63. The van der Waals surface area contributed by atoms with Crippen molar-refractivity contribution in [1.29, 1.82) is 0 Å². The molecule has 1 aliphatic heterocycles. The lowest BCUT2D eigenvalue weighted by Crippen LogP contribution is -2.27. The summed E-state index contributed by atoms with van der Waals surface area (Å²) in [4.78, 5) is 12.2. The molecule has 4 rings (SSSR count). The fourth-order valence-electron chi connectivity index (χ4n) is 3.50. The molecular weight excluding hydrogens is 368 g/mol. The first-order chi connectivity index (χ1) is 11.7. The SMILES string of the molecule is O=c1[nH]oc(C2CCNCC2)c1Cc1ccc2ccc(Br)cc2c1. The second-order valence-corrected chi connectivity index (χ2v) is 7.32. The topological polar surface area (TPSA) is 58.0 Å². The second-order valence-electron chi connectivity index (χ2n) is 6.40. The zero-order valence-corrected chi connectivity index (χ0v) is 14.9. The highest BCUT2D eigenvalue weighted by Crippen LogP contribution is 2.28. The van der Waals surface area contributed by atoms with E-state index in [1.54, 1.807) is 0 Å². The Morgan fingerprint density at radius 1 is 1.08 bits per heavy atom. The Bertz CT molecular complexity index is 923. The largest absolute Gasteiger partial charge is 0.383 e. The third-order valence-corrected chi connectivity index (χ3v) is 5.28. The molecule has 1 aliphatic rings. The number of aromatic nitrogens is 1. The van der Waals surface area contributed by atoms with Crippen LogP contribution in [0.25, 0.3) is 10.8 Å². The molecular formula is C19H19BrN2O2. The number of piperidine rings is 1. The van der Waals surface area contributed by atoms with Gasteiger partial charge in [-0.1, -0.05) is 40.2 Å². The maximum atomic E-state index is 12.2. The summed E-state index contributed by atoms with van der Waals surface area (Å²) in [7, 11) is 0. The smallest absolute Gasteiger partial charge is 0.283 e. The molecule has 5 heteroatoms. The number of benzene rings is 2. The molecule has 0 radical (unpaired) electrons. The minimum atomic E-state index is -0.0992. The van der Waals surface area contributed by atoms with E-state index < -0.39 is 0 Å². The van der Waals surface area contributed by atoms with Gasteiger partial charge < -0.3 is 9.84 Å². The number of nitrogens with one attached hydrogen (secondary N) is 2. The molecule has 4 nitrogen and oxygen atoms in total. The van der Waals surface area contributed by atoms with Gasteiger partial charge in [0.25, 0.3) is 5.56 Å². The van der Waals surface area contributed by atoms with E-state index in [-0.39, 0.29) is 5.56 Å². The Balaban J connectivity index is 1.68. The molecule has 0 bridgehead atoms. The highest BCUT2D eigenvalue weighted by atomic mass is 79.9. The molecule has 1 aromatic heterocycles. The van der Waals surface area contributed by atoms with Gasteiger partial charge in [0.2, 0.25) is 0 Å². The van der Waals surface area contributed by atoms with Gasteiger partial charge >= 0.3 is 0 Å². The number of hydrogen-bond donors (Lipinski definition) is 2. The molecule has 2 aromatic carbocycles. The average Bonchev–Trinajstić information content (AvgIpc) is 2.96. The maximum absolute atomic E-state index is 12.2. The predicted molar refractivity (Wildman–Crippen MR) is 98.6 cm³/mol. The Labute approximate surface area is 148 Å². The van der Waals surface area contributed by atoms with Gasteiger partial charge in [-0.2, -0.15) is 5.16 Å². The van der Waals surface area contributed by atoms with Crippen LogP contribution < -0.4 is 10.9 Å². The van der Waals surface area contributed by atoms with Crippen LogP contribution in [0.3, 0.4) is 0 Å². The maximum Gasteiger partial charge on any atom is 0.283 e. The van der Waals surface area contributed by atoms with Gasteiger partial charge in [-0.05, 0) is 54.4 Å². The molecule has 2 N–H and O–H groups in total. The molecule has 1 saturated heterocycles. The van der Waals surface area contributed by atoms with Gasteiger partial charge in [-0.25, -0.2) is 0 Å². The van der Waals surface area contributed by atoms with Crippen LogP contribution in [0.1, 0.15) is 35.6 Å². The van der Waals surface area contributed by atoms with Gasteiger partial charge in [-0.3, -0.25) is 4.79 Å². The van der Waals surface area contributed by atoms with Crippen molar-refractivity contribution < 1.29 is 4.52 Å². The lowest BCUT2D eigenvalue weighted by atomic mass is 9.91. The molecule has 124 valence electrons. The Kier molecular flexibility index (Phi) is 4.29. The van der Waals surface area contributed by atoms with Crippen LogP contribution in [0.2, 0.25) is 0 Å². The second kappa shape index (κ2) is 6.57. The summed E-state index contributed by atoms with van der Waals surface area (Å²) in [6, 6.07) is 12.6. The van der Waals surface area contributed by atoms with Crippen molar-refractivity contribution in [2.24, 2.45) is 0 Å². The van der Waals surface area contributed by atoms with Gasteiger partial charge in [0, 0.05) is 16.8 Å². The van der Waals surface area contributed by atoms with Crippen molar-refractivity contribution in [2.75, 3.05) is 13.1 Å². The molecule has 0 amide bonds. The van der Waals surface area contributed by atoms with E-state index in [2.05, 4.69) is 56.7 Å². The van der Waals surface area contributed by atoms with Crippen LogP contribution in [-0.4, -0.2) is 18.2 Å². The third-order valence-electron chi connectivity index (χ3n) is 4.78. The van der Waals surface area contributed by atoms with Crippen LogP contribution in [0.5, 0.6) is 0 Å². The van der Waals surface area contributed by atoms with Crippen LogP contribution >= 0.6 is 15.9 Å². The lowest BCUT2D eigenvalue weighted by molar-refractivity contribution is 0.324. The summed E-state index contributed by atoms with van der Waals surface area (Å²) in [5, 5.41) is 8.26. The van der Waals surface area contributed by atoms with E-state index in [4.69, 9.17) is 4.52 Å². The van der Waals surface area contributed by atoms with Crippen molar-refractivity contribution in [3.63, 3.8) is 0 Å². The summed E-state index contributed by atoms with van der Waals surface area (Å²) < 4.78 is 6.60. The van der Waals surface area contributed by atoms with E-state index in [0.29, 0.717) is 12.3 Å². The van der Waals surface area contributed by atoms with E-state index in [0.717, 1.165) is 47.3 Å². The summed E-state index contributed by atoms with van der Waals surface area (Å²) >= 11 is 3.52. The van der Waals surface area contributed by atoms with Crippen LogP contribution in [0.15, 0.2) is 50.2 Å². The minimum Gasteiger partial charge on any atom is -0.383 e. The molecule has 0 aliphatic carbocycles. The highest BCUT2D eigenvalue weighted by molar-refractivity contribution is 9.10. The zero-order chi connectivity index (χ0) is 16.5. The van der Waals surface area contributed by atoms with Gasteiger partial charge in [0.1, 0.15) is 5.76 Å². The third kappa shape index (κ3) is 3.06. The van der Waals surface area contributed by atoms with Crippen molar-refractivity contribution in [3.05, 3.63) is 68.1 Å². The average molecular weight is 387 g/mol. The van der Waals surface area contributed by atoms with Gasteiger partial charge in [0.05, 0.1) is 5.56 Å². The van der Waals surface area contributed by atoms with Crippen molar-refractivity contribution in [3.8, 4) is 0 Å². The van der Waals surface area contributed by atoms with Gasteiger partial charge in [-0.15, -0.1) is 0 Å². The molecule has 3 aromatic rings. The summed E-state index contributed by atoms with van der Waals surface area (Å²) in [5.74, 6) is 1.17. The Morgan fingerprint density at radius 3 is 2.71 bits per heavy atom. The highest BCUT2D eigenvalue weighted by Gasteiger charge is 2.24. The number of fused-ring (bicyclic) bond motifs is 1. The van der Waals surface area contributed by atoms with E-state index in [1.807, 2.05) is 6.07 Å². The van der Waals surface area contributed by atoms with Crippen molar-refractivity contribution in [2.45, 2.75) is 25.2 Å². The quantitative estimate of drug-likeness (QED) is 0.716. The number of H-pyrrole nitrogens is 1. The summed E-state index contributed by atoms with van der Waals surface area (Å²) in [5.41, 5.74) is 1.80. The standard InChI is InChI=1S/C19H19BrN2O2/c20-16-4-3-13-2-1-12(9-15(13)11-16)10-17-18(24-22-19(17)23)14-5-7-21-8-6-14/h1-4,9,11,14,21H,5-8,10H2,(H,22,23). The summed E-state index contributed by atoms with van der Waals surface area (Å²) in [6.45, 7) is 1.95. The number of hydrogen-bond acceptors (Lipinski definition) is 3. The molecule has 0 saturated carbocycles. The number of rotatable bonds is 3. The first-order valence-electron chi connectivity index (χ1n) is 8.30. The minimum absolute atomic E-state index is 0.0992. The fraction of sp³-hybridized carbons (Fsp3) is 0.316. The van der Waals surface area contributed by atoms with Gasteiger partial charge in [0.15, 0.2) is 0 Å². The van der Waals surface area contributed by atoms with Crippen LogP contribution in [0.4, 0.5) is 0 Å². The first-order valence-corrected chi connectivity index (χ1v) is 9.09. The monoisotopic (exact) mass is 386 g/mol. The molecule has 2 heterocycles.